The van der Waals surface area contributed by atoms with Crippen molar-refractivity contribution < 1.29 is 19.1 Å². The SMILES string of the molecule is NCCCC[C@H](N)C(=O)NC(=O)CNC(=O)OCc1ccccc1. The summed E-state index contributed by atoms with van der Waals surface area (Å²) in [5.41, 5.74) is 11.8. The predicted molar refractivity (Wildman–Crippen MR) is 88.7 cm³/mol. The van der Waals surface area contributed by atoms with E-state index in [0.717, 1.165) is 12.0 Å². The van der Waals surface area contributed by atoms with Gasteiger partial charge in [0, 0.05) is 0 Å². The van der Waals surface area contributed by atoms with Crippen LogP contribution in [-0.4, -0.2) is 37.0 Å². The number of nitrogens with two attached hydrogens (primary N) is 2. The first kappa shape index (κ1) is 19.6. The van der Waals surface area contributed by atoms with Crippen LogP contribution >= 0.6 is 0 Å². The molecule has 1 aromatic carbocycles. The summed E-state index contributed by atoms with van der Waals surface area (Å²) in [7, 11) is 0. The van der Waals surface area contributed by atoms with Gasteiger partial charge in [0.2, 0.25) is 11.8 Å². The van der Waals surface area contributed by atoms with E-state index in [1.807, 2.05) is 30.3 Å². The van der Waals surface area contributed by atoms with Crippen molar-refractivity contribution in [2.24, 2.45) is 11.5 Å². The highest BCUT2D eigenvalue weighted by atomic mass is 16.5. The van der Waals surface area contributed by atoms with Crippen LogP contribution in [-0.2, 0) is 20.9 Å². The quantitative estimate of drug-likeness (QED) is 0.469. The average molecular weight is 336 g/mol. The molecule has 1 rings (SSSR count). The monoisotopic (exact) mass is 336 g/mol. The van der Waals surface area contributed by atoms with E-state index in [9.17, 15) is 14.4 Å². The number of carbonyl (C=O) groups excluding carboxylic acids is 3. The second-order valence-electron chi connectivity index (χ2n) is 5.22. The molecule has 1 aromatic rings. The Kier molecular flexibility index (Phi) is 9.10. The molecule has 0 fully saturated rings. The zero-order chi connectivity index (χ0) is 17.8. The molecular weight excluding hydrogens is 312 g/mol. The topological polar surface area (TPSA) is 137 Å². The molecule has 0 heterocycles. The Morgan fingerprint density at radius 3 is 2.50 bits per heavy atom. The minimum absolute atomic E-state index is 0.0965. The smallest absolute Gasteiger partial charge is 0.407 e. The van der Waals surface area contributed by atoms with E-state index >= 15 is 0 Å². The Balaban J connectivity index is 2.20. The molecular formula is C16H24N4O4. The van der Waals surface area contributed by atoms with Crippen molar-refractivity contribution in [3.63, 3.8) is 0 Å². The van der Waals surface area contributed by atoms with Crippen molar-refractivity contribution >= 4 is 17.9 Å². The van der Waals surface area contributed by atoms with Crippen molar-refractivity contribution in [3.8, 4) is 0 Å². The fourth-order valence-electron chi connectivity index (χ4n) is 1.84. The number of alkyl carbamates (subject to hydrolysis) is 1. The van der Waals surface area contributed by atoms with Crippen LogP contribution in [0.4, 0.5) is 4.79 Å². The zero-order valence-electron chi connectivity index (χ0n) is 13.5. The molecule has 0 aliphatic heterocycles. The summed E-state index contributed by atoms with van der Waals surface area (Å²) in [6, 6.07) is 8.35. The lowest BCUT2D eigenvalue weighted by Crippen LogP contribution is -2.46. The van der Waals surface area contributed by atoms with Crippen molar-refractivity contribution in [3.05, 3.63) is 35.9 Å². The third kappa shape index (κ3) is 8.25. The lowest BCUT2D eigenvalue weighted by atomic mass is 10.1. The van der Waals surface area contributed by atoms with Crippen LogP contribution in [0.1, 0.15) is 24.8 Å². The molecule has 0 aliphatic rings. The number of rotatable bonds is 9. The molecule has 6 N–H and O–H groups in total. The number of amides is 3. The lowest BCUT2D eigenvalue weighted by molar-refractivity contribution is -0.130. The van der Waals surface area contributed by atoms with Gasteiger partial charge in [-0.15, -0.1) is 0 Å². The second-order valence-corrected chi connectivity index (χ2v) is 5.22. The van der Waals surface area contributed by atoms with Gasteiger partial charge in [-0.05, 0) is 24.9 Å². The molecule has 24 heavy (non-hydrogen) atoms. The van der Waals surface area contributed by atoms with E-state index in [0.29, 0.717) is 19.4 Å². The Bertz CT molecular complexity index is 536. The summed E-state index contributed by atoms with van der Waals surface area (Å²) in [4.78, 5) is 34.7. The van der Waals surface area contributed by atoms with E-state index in [4.69, 9.17) is 16.2 Å². The number of carbonyl (C=O) groups is 3. The average Bonchev–Trinajstić information content (AvgIpc) is 2.59. The van der Waals surface area contributed by atoms with Gasteiger partial charge in [-0.1, -0.05) is 36.8 Å². The maximum atomic E-state index is 11.7. The summed E-state index contributed by atoms with van der Waals surface area (Å²) in [5.74, 6) is -1.22. The largest absolute Gasteiger partial charge is 0.445 e. The molecule has 0 radical (unpaired) electrons. The van der Waals surface area contributed by atoms with Crippen molar-refractivity contribution in [1.29, 1.82) is 0 Å². The molecule has 132 valence electrons. The highest BCUT2D eigenvalue weighted by molar-refractivity contribution is 5.99. The number of ether oxygens (including phenoxy) is 1. The predicted octanol–water partition coefficient (Wildman–Crippen LogP) is 0.0119. The van der Waals surface area contributed by atoms with Crippen LogP contribution in [0.5, 0.6) is 0 Å². The fourth-order valence-corrected chi connectivity index (χ4v) is 1.84. The van der Waals surface area contributed by atoms with Gasteiger partial charge in [0.05, 0.1) is 6.04 Å². The molecule has 0 saturated heterocycles. The Morgan fingerprint density at radius 1 is 1.12 bits per heavy atom. The third-order valence-corrected chi connectivity index (χ3v) is 3.17. The molecule has 0 aliphatic carbocycles. The van der Waals surface area contributed by atoms with Gasteiger partial charge in [-0.25, -0.2) is 4.79 Å². The van der Waals surface area contributed by atoms with Gasteiger partial charge in [0.1, 0.15) is 13.2 Å². The molecule has 1 atom stereocenters. The van der Waals surface area contributed by atoms with Gasteiger partial charge >= 0.3 is 6.09 Å². The first-order valence-electron chi connectivity index (χ1n) is 7.77. The van der Waals surface area contributed by atoms with Gasteiger partial charge in [-0.3, -0.25) is 14.9 Å². The summed E-state index contributed by atoms with van der Waals surface area (Å²) in [6.07, 6.45) is 1.18. The number of hydrogen-bond donors (Lipinski definition) is 4. The van der Waals surface area contributed by atoms with Crippen LogP contribution in [0.3, 0.4) is 0 Å². The fraction of sp³-hybridized carbons (Fsp3) is 0.438. The van der Waals surface area contributed by atoms with E-state index in [-0.39, 0.29) is 13.2 Å². The molecule has 0 unspecified atom stereocenters. The van der Waals surface area contributed by atoms with Crippen molar-refractivity contribution in [2.45, 2.75) is 31.9 Å². The molecule has 0 spiro atoms. The number of unbranched alkanes of at least 4 members (excludes halogenated alkanes) is 1. The highest BCUT2D eigenvalue weighted by Crippen LogP contribution is 2.00. The normalized spacial score (nSPS) is 11.4. The third-order valence-electron chi connectivity index (χ3n) is 3.17. The van der Waals surface area contributed by atoms with Crippen LogP contribution < -0.4 is 22.1 Å². The molecule has 3 amide bonds. The number of benzene rings is 1. The van der Waals surface area contributed by atoms with Gasteiger partial charge in [-0.2, -0.15) is 0 Å². The molecule has 8 heteroatoms. The maximum Gasteiger partial charge on any atom is 0.407 e. The molecule has 0 saturated carbocycles. The maximum absolute atomic E-state index is 11.7. The standard InChI is InChI=1S/C16H24N4O4/c17-9-5-4-8-13(18)15(22)20-14(21)10-19-16(23)24-11-12-6-2-1-3-7-12/h1-3,6-7,13H,4-5,8-11,17-18H2,(H,19,23)(H,20,21,22)/t13-/m0/s1. The van der Waals surface area contributed by atoms with Crippen LogP contribution in [0.2, 0.25) is 0 Å². The second kappa shape index (κ2) is 11.1. The Labute approximate surface area is 140 Å². The van der Waals surface area contributed by atoms with E-state index in [1.54, 1.807) is 0 Å². The minimum atomic E-state index is -0.773. The summed E-state index contributed by atoms with van der Waals surface area (Å²) >= 11 is 0. The Morgan fingerprint density at radius 2 is 1.83 bits per heavy atom. The minimum Gasteiger partial charge on any atom is -0.445 e. The molecule has 0 aromatic heterocycles. The van der Waals surface area contributed by atoms with Crippen LogP contribution in [0.15, 0.2) is 30.3 Å². The summed E-state index contributed by atoms with van der Waals surface area (Å²) < 4.78 is 4.94. The number of imide groups is 1. The van der Waals surface area contributed by atoms with Crippen LogP contribution in [0.25, 0.3) is 0 Å². The van der Waals surface area contributed by atoms with E-state index in [2.05, 4.69) is 10.6 Å². The zero-order valence-corrected chi connectivity index (χ0v) is 13.5. The lowest BCUT2D eigenvalue weighted by Gasteiger charge is -2.11. The van der Waals surface area contributed by atoms with Gasteiger partial charge in [0.25, 0.3) is 0 Å². The molecule has 0 bridgehead atoms. The van der Waals surface area contributed by atoms with E-state index < -0.39 is 23.9 Å². The number of nitrogens with one attached hydrogen (secondary N) is 2. The highest BCUT2D eigenvalue weighted by Gasteiger charge is 2.16. The van der Waals surface area contributed by atoms with Crippen LogP contribution in [0, 0.1) is 0 Å². The summed E-state index contributed by atoms with van der Waals surface area (Å²) in [5, 5.41) is 4.40. The Hall–Kier alpha value is -2.45. The van der Waals surface area contributed by atoms with Gasteiger partial charge in [0.15, 0.2) is 0 Å². The number of hydrogen-bond acceptors (Lipinski definition) is 6. The van der Waals surface area contributed by atoms with Crippen molar-refractivity contribution in [2.75, 3.05) is 13.1 Å². The summed E-state index contributed by atoms with van der Waals surface area (Å²) in [6.45, 7) is 0.260. The van der Waals surface area contributed by atoms with Crippen molar-refractivity contribution in [1.82, 2.24) is 10.6 Å². The van der Waals surface area contributed by atoms with Gasteiger partial charge < -0.3 is 21.5 Å². The first-order chi connectivity index (χ1) is 11.5. The molecule has 8 nitrogen and oxygen atoms in total. The van der Waals surface area contributed by atoms with E-state index in [1.165, 1.54) is 0 Å². The first-order valence-corrected chi connectivity index (χ1v) is 7.77.